The number of anilines is 4. The summed E-state index contributed by atoms with van der Waals surface area (Å²) in [4.78, 5) is 50.1. The third-order valence-corrected chi connectivity index (χ3v) is 6.10. The molecule has 1 aliphatic carbocycles. The lowest BCUT2D eigenvalue weighted by Crippen LogP contribution is -2.22. The Balaban J connectivity index is 1.44. The van der Waals surface area contributed by atoms with Crippen LogP contribution >= 0.6 is 0 Å². The quantitative estimate of drug-likeness (QED) is 0.304. The highest BCUT2D eigenvalue weighted by molar-refractivity contribution is 6.08. The fraction of sp³-hybridized carbons (Fsp3) is 0.231. The first-order chi connectivity index (χ1) is 19.5. The van der Waals surface area contributed by atoms with Crippen molar-refractivity contribution in [1.29, 1.82) is 0 Å². The molecule has 0 spiro atoms. The summed E-state index contributed by atoms with van der Waals surface area (Å²) < 4.78 is 27.6. The van der Waals surface area contributed by atoms with E-state index in [9.17, 15) is 19.2 Å². The Labute approximate surface area is 221 Å². The molecule has 2 heterocycles. The number of nitrogens with one attached hydrogen (secondary N) is 5. The molecule has 2 aliphatic rings. The van der Waals surface area contributed by atoms with Crippen molar-refractivity contribution in [2.45, 2.75) is 19.4 Å². The number of para-hydroxylation sites is 1. The lowest BCUT2D eigenvalue weighted by atomic mass is 10.1. The summed E-state index contributed by atoms with van der Waals surface area (Å²) >= 11 is 0. The van der Waals surface area contributed by atoms with E-state index in [1.807, 2.05) is 5.32 Å². The van der Waals surface area contributed by atoms with Gasteiger partial charge in [-0.25, -0.2) is 0 Å². The number of hydrogen-bond acceptors (Lipinski definition) is 8. The average molecular weight is 519 g/mol. The number of amides is 4. The predicted octanol–water partition coefficient (Wildman–Crippen LogP) is 2.43. The summed E-state index contributed by atoms with van der Waals surface area (Å²) in [5.74, 6) is -1.91. The van der Waals surface area contributed by atoms with Crippen LogP contribution in [0.25, 0.3) is 0 Å². The van der Waals surface area contributed by atoms with Gasteiger partial charge in [-0.05, 0) is 48.7 Å². The molecule has 0 bridgehead atoms. The van der Waals surface area contributed by atoms with Crippen molar-refractivity contribution in [2.24, 2.45) is 5.92 Å². The van der Waals surface area contributed by atoms with E-state index in [0.717, 1.165) is 18.4 Å². The smallest absolute Gasteiger partial charge is 0.273 e. The highest BCUT2D eigenvalue weighted by Crippen LogP contribution is 2.34. The predicted molar refractivity (Wildman–Crippen MR) is 139 cm³/mol. The Bertz CT molecular complexity index is 1570. The summed E-state index contributed by atoms with van der Waals surface area (Å²) in [7, 11) is 1.36. The van der Waals surface area contributed by atoms with E-state index in [-0.39, 0.29) is 51.9 Å². The molecule has 5 rings (SSSR count). The van der Waals surface area contributed by atoms with Gasteiger partial charge < -0.3 is 31.3 Å². The molecule has 12 heteroatoms. The first kappa shape index (κ1) is 21.1. The Kier molecular flexibility index (Phi) is 5.65. The molecule has 2 aromatic carbocycles. The van der Waals surface area contributed by atoms with Crippen LogP contribution in [0.15, 0.2) is 42.5 Å². The lowest BCUT2D eigenvalue weighted by molar-refractivity contribution is -0.117. The molecule has 3 aromatic rings. The maximum atomic E-state index is 13.2. The summed E-state index contributed by atoms with van der Waals surface area (Å²) in [5.41, 5.74) is 1.83. The molecule has 1 saturated carbocycles. The van der Waals surface area contributed by atoms with Crippen LogP contribution in [0, 0.1) is 5.92 Å². The van der Waals surface area contributed by atoms with E-state index >= 15 is 0 Å². The first-order valence-electron chi connectivity index (χ1n) is 13.2. The molecule has 1 aromatic heterocycles. The van der Waals surface area contributed by atoms with Gasteiger partial charge in [-0.2, -0.15) is 0 Å². The highest BCUT2D eigenvalue weighted by atomic mass is 16.5. The molecule has 0 atom stereocenters. The zero-order chi connectivity index (χ0) is 29.3. The van der Waals surface area contributed by atoms with Crippen LogP contribution in [0.5, 0.6) is 5.75 Å². The van der Waals surface area contributed by atoms with Crippen molar-refractivity contribution in [2.75, 3.05) is 30.0 Å². The molecule has 4 amide bonds. The van der Waals surface area contributed by atoms with E-state index < -0.39 is 18.8 Å². The summed E-state index contributed by atoms with van der Waals surface area (Å²) in [6, 6.07) is 11.0. The maximum Gasteiger partial charge on any atom is 0.273 e. The number of ether oxygens (including phenoxy) is 1. The van der Waals surface area contributed by atoms with Crippen molar-refractivity contribution in [3.8, 4) is 5.75 Å². The van der Waals surface area contributed by atoms with Crippen LogP contribution in [-0.2, 0) is 11.3 Å². The Morgan fingerprint density at radius 2 is 1.89 bits per heavy atom. The fourth-order valence-electron chi connectivity index (χ4n) is 4.04. The van der Waals surface area contributed by atoms with Crippen LogP contribution in [0.3, 0.4) is 0 Å². The van der Waals surface area contributed by atoms with Crippen molar-refractivity contribution in [1.82, 2.24) is 20.8 Å². The standard InChI is InChI=1S/C26H25N7O5/c1-27-26(37)21-19(11-20(32-33-21)31-23(34)13-6-7-13)30-18-5-3-4-17(22(18)38-2)25(36)29-15-8-9-16-14(10-15)12-28-24(16)35/h3-5,8-11,13H,6-7,12H2,1-2H3,(H,27,37)(H,28,35)(H,29,36)(H2,30,31,32,34)/i1D3. The number of carbonyl (C=O) groups excluding carboxylic acids is 4. The zero-order valence-electron chi connectivity index (χ0n) is 23.2. The van der Waals surface area contributed by atoms with E-state index in [2.05, 4.69) is 31.5 Å². The minimum absolute atomic E-state index is 0.0134. The van der Waals surface area contributed by atoms with E-state index in [0.29, 0.717) is 17.8 Å². The molecule has 0 saturated heterocycles. The topological polar surface area (TPSA) is 163 Å². The van der Waals surface area contributed by atoms with Crippen LogP contribution in [0.1, 0.15) is 53.7 Å². The highest BCUT2D eigenvalue weighted by Gasteiger charge is 2.30. The molecule has 12 nitrogen and oxygen atoms in total. The normalized spacial score (nSPS) is 15.2. The van der Waals surface area contributed by atoms with Gasteiger partial charge in [0, 0.05) is 40.9 Å². The number of benzene rings is 2. The molecular formula is C26H25N7O5. The average Bonchev–Trinajstić information content (AvgIpc) is 3.71. The van der Waals surface area contributed by atoms with Gasteiger partial charge in [0.2, 0.25) is 5.91 Å². The number of fused-ring (bicyclic) bond motifs is 1. The number of rotatable bonds is 8. The van der Waals surface area contributed by atoms with Crippen molar-refractivity contribution >= 4 is 46.5 Å². The maximum absolute atomic E-state index is 13.2. The van der Waals surface area contributed by atoms with Gasteiger partial charge in [-0.15, -0.1) is 10.2 Å². The fourth-order valence-corrected chi connectivity index (χ4v) is 4.04. The van der Waals surface area contributed by atoms with Crippen LogP contribution < -0.4 is 31.3 Å². The second-order valence-electron chi connectivity index (χ2n) is 8.73. The second-order valence-corrected chi connectivity index (χ2v) is 8.73. The number of aromatic nitrogens is 2. The van der Waals surface area contributed by atoms with E-state index in [1.165, 1.54) is 19.2 Å². The molecule has 194 valence electrons. The largest absolute Gasteiger partial charge is 0.494 e. The number of hydrogen-bond donors (Lipinski definition) is 5. The van der Waals surface area contributed by atoms with E-state index in [4.69, 9.17) is 8.85 Å². The molecule has 0 radical (unpaired) electrons. The Morgan fingerprint density at radius 3 is 2.66 bits per heavy atom. The summed E-state index contributed by atoms with van der Waals surface area (Å²) in [5, 5.41) is 20.7. The SMILES string of the molecule is [2H]C([2H])([2H])NC(=O)c1nnc(NC(=O)C2CC2)cc1Nc1cccc(C(=O)Nc2ccc3c(c2)CNC3=O)c1OC. The van der Waals surface area contributed by atoms with Crippen LogP contribution in [0.4, 0.5) is 22.9 Å². The molecule has 1 fully saturated rings. The minimum Gasteiger partial charge on any atom is -0.494 e. The molecule has 5 N–H and O–H groups in total. The monoisotopic (exact) mass is 518 g/mol. The van der Waals surface area contributed by atoms with Crippen molar-refractivity contribution in [3.05, 3.63) is 64.8 Å². The van der Waals surface area contributed by atoms with Crippen molar-refractivity contribution < 1.29 is 28.0 Å². The van der Waals surface area contributed by atoms with Gasteiger partial charge in [0.25, 0.3) is 17.7 Å². The van der Waals surface area contributed by atoms with Crippen LogP contribution in [-0.4, -0.2) is 47.9 Å². The number of carbonyl (C=O) groups is 4. The van der Waals surface area contributed by atoms with Gasteiger partial charge in [0.05, 0.1) is 24.0 Å². The van der Waals surface area contributed by atoms with Crippen LogP contribution in [0.2, 0.25) is 0 Å². The second kappa shape index (κ2) is 10.2. The van der Waals surface area contributed by atoms with Gasteiger partial charge >= 0.3 is 0 Å². The summed E-state index contributed by atoms with van der Waals surface area (Å²) in [6.07, 6.45) is 1.52. The van der Waals surface area contributed by atoms with Gasteiger partial charge in [0.1, 0.15) is 0 Å². The van der Waals surface area contributed by atoms with Gasteiger partial charge in [-0.1, -0.05) is 6.07 Å². The summed E-state index contributed by atoms with van der Waals surface area (Å²) in [6.45, 7) is -2.42. The number of nitrogens with zero attached hydrogens (tertiary/aromatic N) is 2. The van der Waals surface area contributed by atoms with Gasteiger partial charge in [-0.3, -0.25) is 19.2 Å². The molecule has 1 aliphatic heterocycles. The molecule has 0 unspecified atom stereocenters. The molecule has 38 heavy (non-hydrogen) atoms. The van der Waals surface area contributed by atoms with E-state index in [1.54, 1.807) is 30.3 Å². The third-order valence-electron chi connectivity index (χ3n) is 6.10. The number of methoxy groups -OCH3 is 1. The van der Waals surface area contributed by atoms with Crippen molar-refractivity contribution in [3.63, 3.8) is 0 Å². The first-order valence-corrected chi connectivity index (χ1v) is 11.7. The van der Waals surface area contributed by atoms with Gasteiger partial charge in [0.15, 0.2) is 17.3 Å². The Morgan fingerprint density at radius 1 is 1.05 bits per heavy atom. The Hall–Kier alpha value is -5.00. The third kappa shape index (κ3) is 4.96. The molecular weight excluding hydrogens is 490 g/mol. The lowest BCUT2D eigenvalue weighted by Gasteiger charge is -2.17. The minimum atomic E-state index is -2.79. The zero-order valence-corrected chi connectivity index (χ0v) is 20.2.